The quantitative estimate of drug-likeness (QED) is 0.579. The normalized spacial score (nSPS) is 11.2. The lowest BCUT2D eigenvalue weighted by molar-refractivity contribution is 0.102. The van der Waals surface area contributed by atoms with Gasteiger partial charge >= 0.3 is 0 Å². The van der Waals surface area contributed by atoms with Gasteiger partial charge in [0, 0.05) is 21.8 Å². The van der Waals surface area contributed by atoms with Gasteiger partial charge in [-0.05, 0) is 61.0 Å². The van der Waals surface area contributed by atoms with Crippen LogP contribution >= 0.6 is 11.6 Å². The Morgan fingerprint density at radius 3 is 2.33 bits per heavy atom. The van der Waals surface area contributed by atoms with E-state index in [0.29, 0.717) is 22.0 Å². The SMILES string of the molecule is Cc1cc(Cl)ccc1NC(=O)c1ccc(N(Cc2ccccc2F)S(C)(=O)=O)cc1. The molecule has 0 spiro atoms. The maximum absolute atomic E-state index is 14.0. The standard InChI is InChI=1S/C22H20ClFN2O3S/c1-15-13-18(23)9-12-21(15)25-22(27)16-7-10-19(11-8-16)26(30(2,28)29)14-17-5-3-4-6-20(17)24/h3-13H,14H2,1-2H3,(H,25,27). The van der Waals surface area contributed by atoms with Gasteiger partial charge in [-0.15, -0.1) is 0 Å². The summed E-state index contributed by atoms with van der Waals surface area (Å²) in [5.74, 6) is -0.826. The zero-order chi connectivity index (χ0) is 21.9. The molecule has 1 N–H and O–H groups in total. The summed E-state index contributed by atoms with van der Waals surface area (Å²) in [5, 5.41) is 3.38. The number of halogens is 2. The van der Waals surface area contributed by atoms with Crippen LogP contribution in [0, 0.1) is 12.7 Å². The highest BCUT2D eigenvalue weighted by Crippen LogP contribution is 2.24. The molecule has 3 aromatic carbocycles. The molecule has 0 saturated heterocycles. The van der Waals surface area contributed by atoms with Gasteiger partial charge in [-0.25, -0.2) is 12.8 Å². The van der Waals surface area contributed by atoms with Crippen LogP contribution in [0.25, 0.3) is 0 Å². The number of carbonyl (C=O) groups is 1. The van der Waals surface area contributed by atoms with Crippen molar-refractivity contribution in [2.24, 2.45) is 0 Å². The Morgan fingerprint density at radius 2 is 1.73 bits per heavy atom. The van der Waals surface area contributed by atoms with Crippen LogP contribution in [-0.4, -0.2) is 20.6 Å². The summed E-state index contributed by atoms with van der Waals surface area (Å²) >= 11 is 5.93. The molecule has 1 amide bonds. The molecule has 0 unspecified atom stereocenters. The first-order valence-corrected chi connectivity index (χ1v) is 11.3. The lowest BCUT2D eigenvalue weighted by atomic mass is 10.1. The Labute approximate surface area is 180 Å². The molecule has 0 aliphatic heterocycles. The molecule has 3 aromatic rings. The Balaban J connectivity index is 1.83. The van der Waals surface area contributed by atoms with Gasteiger partial charge in [-0.3, -0.25) is 9.10 Å². The largest absolute Gasteiger partial charge is 0.322 e. The smallest absolute Gasteiger partial charge is 0.255 e. The highest BCUT2D eigenvalue weighted by molar-refractivity contribution is 7.92. The number of amides is 1. The van der Waals surface area contributed by atoms with Crippen LogP contribution < -0.4 is 9.62 Å². The van der Waals surface area contributed by atoms with Crippen molar-refractivity contribution in [3.8, 4) is 0 Å². The Kier molecular flexibility index (Phi) is 6.43. The lowest BCUT2D eigenvalue weighted by Gasteiger charge is -2.23. The summed E-state index contributed by atoms with van der Waals surface area (Å²) in [4.78, 5) is 12.5. The average Bonchev–Trinajstić information content (AvgIpc) is 2.68. The number of hydrogen-bond donors (Lipinski definition) is 1. The second kappa shape index (κ2) is 8.85. The molecule has 0 bridgehead atoms. The number of anilines is 2. The average molecular weight is 447 g/mol. The molecule has 0 aromatic heterocycles. The van der Waals surface area contributed by atoms with Crippen molar-refractivity contribution in [3.05, 3.63) is 94.3 Å². The highest BCUT2D eigenvalue weighted by atomic mass is 35.5. The first-order chi connectivity index (χ1) is 14.1. The topological polar surface area (TPSA) is 66.5 Å². The van der Waals surface area contributed by atoms with Crippen molar-refractivity contribution in [1.29, 1.82) is 0 Å². The number of aryl methyl sites for hydroxylation is 1. The second-order valence-electron chi connectivity index (χ2n) is 6.82. The van der Waals surface area contributed by atoms with Gasteiger partial charge in [0.2, 0.25) is 10.0 Å². The lowest BCUT2D eigenvalue weighted by Crippen LogP contribution is -2.29. The molecule has 5 nitrogen and oxygen atoms in total. The Bertz CT molecular complexity index is 1180. The van der Waals surface area contributed by atoms with Gasteiger partial charge in [0.15, 0.2) is 0 Å². The van der Waals surface area contributed by atoms with Crippen LogP contribution in [-0.2, 0) is 16.6 Å². The number of rotatable bonds is 6. The van der Waals surface area contributed by atoms with E-state index in [9.17, 15) is 17.6 Å². The predicted octanol–water partition coefficient (Wildman–Crippen LogP) is 5.01. The summed E-state index contributed by atoms with van der Waals surface area (Å²) in [6, 6.07) is 17.2. The third-order valence-corrected chi connectivity index (χ3v) is 5.90. The van der Waals surface area contributed by atoms with E-state index in [-0.39, 0.29) is 18.0 Å². The van der Waals surface area contributed by atoms with E-state index in [1.807, 2.05) is 6.92 Å². The second-order valence-corrected chi connectivity index (χ2v) is 9.16. The molecule has 8 heteroatoms. The van der Waals surface area contributed by atoms with E-state index in [0.717, 1.165) is 16.1 Å². The predicted molar refractivity (Wildman–Crippen MR) is 118 cm³/mol. The van der Waals surface area contributed by atoms with Gasteiger partial charge in [0.1, 0.15) is 5.82 Å². The molecule has 30 heavy (non-hydrogen) atoms. The van der Waals surface area contributed by atoms with Crippen molar-refractivity contribution >= 4 is 38.9 Å². The summed E-state index contributed by atoms with van der Waals surface area (Å²) in [5.41, 5.74) is 2.39. The van der Waals surface area contributed by atoms with Crippen molar-refractivity contribution in [2.45, 2.75) is 13.5 Å². The molecule has 0 aliphatic carbocycles. The number of hydrogen-bond acceptors (Lipinski definition) is 3. The minimum atomic E-state index is -3.67. The van der Waals surface area contributed by atoms with Gasteiger partial charge in [-0.2, -0.15) is 0 Å². The van der Waals surface area contributed by atoms with Crippen LogP contribution in [0.4, 0.5) is 15.8 Å². The molecule has 3 rings (SSSR count). The molecule has 0 radical (unpaired) electrons. The monoisotopic (exact) mass is 446 g/mol. The number of sulfonamides is 1. The number of carbonyl (C=O) groups excluding carboxylic acids is 1. The van der Waals surface area contributed by atoms with Gasteiger partial charge < -0.3 is 5.32 Å². The molecule has 0 heterocycles. The number of nitrogens with one attached hydrogen (secondary N) is 1. The fraction of sp³-hybridized carbons (Fsp3) is 0.136. The molecular formula is C22H20ClFN2O3S. The molecular weight excluding hydrogens is 427 g/mol. The van der Waals surface area contributed by atoms with Gasteiger partial charge in [0.05, 0.1) is 18.5 Å². The van der Waals surface area contributed by atoms with E-state index in [2.05, 4.69) is 5.32 Å². The van der Waals surface area contributed by atoms with Crippen LogP contribution in [0.5, 0.6) is 0 Å². The number of nitrogens with zero attached hydrogens (tertiary/aromatic N) is 1. The van der Waals surface area contributed by atoms with E-state index in [1.54, 1.807) is 30.3 Å². The third-order valence-electron chi connectivity index (χ3n) is 4.53. The van der Waals surface area contributed by atoms with Crippen molar-refractivity contribution < 1.29 is 17.6 Å². The summed E-state index contributed by atoms with van der Waals surface area (Å²) in [6.07, 6.45) is 1.05. The van der Waals surface area contributed by atoms with E-state index in [4.69, 9.17) is 11.6 Å². The Morgan fingerprint density at radius 1 is 1.07 bits per heavy atom. The molecule has 0 fully saturated rings. The maximum atomic E-state index is 14.0. The van der Waals surface area contributed by atoms with Crippen LogP contribution in [0.1, 0.15) is 21.5 Å². The number of benzene rings is 3. The Hall–Kier alpha value is -2.90. The maximum Gasteiger partial charge on any atom is 0.255 e. The minimum Gasteiger partial charge on any atom is -0.322 e. The third kappa shape index (κ3) is 5.17. The van der Waals surface area contributed by atoms with Gasteiger partial charge in [0.25, 0.3) is 5.91 Å². The summed E-state index contributed by atoms with van der Waals surface area (Å²) in [6.45, 7) is 1.68. The van der Waals surface area contributed by atoms with Crippen LogP contribution in [0.15, 0.2) is 66.7 Å². The molecule has 156 valence electrons. The van der Waals surface area contributed by atoms with E-state index < -0.39 is 15.8 Å². The first kappa shape index (κ1) is 21.8. The molecule has 0 aliphatic rings. The minimum absolute atomic E-state index is 0.152. The zero-order valence-corrected chi connectivity index (χ0v) is 18.0. The fourth-order valence-corrected chi connectivity index (χ4v) is 4.03. The van der Waals surface area contributed by atoms with Crippen LogP contribution in [0.3, 0.4) is 0 Å². The van der Waals surface area contributed by atoms with Crippen molar-refractivity contribution in [1.82, 2.24) is 0 Å². The summed E-state index contributed by atoms with van der Waals surface area (Å²) in [7, 11) is -3.67. The van der Waals surface area contributed by atoms with Gasteiger partial charge in [-0.1, -0.05) is 29.8 Å². The van der Waals surface area contributed by atoms with Crippen molar-refractivity contribution in [2.75, 3.05) is 15.9 Å². The fourth-order valence-electron chi connectivity index (χ4n) is 2.92. The van der Waals surface area contributed by atoms with E-state index >= 15 is 0 Å². The molecule has 0 atom stereocenters. The van der Waals surface area contributed by atoms with Crippen LogP contribution in [0.2, 0.25) is 5.02 Å². The highest BCUT2D eigenvalue weighted by Gasteiger charge is 2.20. The zero-order valence-electron chi connectivity index (χ0n) is 16.4. The first-order valence-electron chi connectivity index (χ1n) is 9.04. The summed E-state index contributed by atoms with van der Waals surface area (Å²) < 4.78 is 39.7. The van der Waals surface area contributed by atoms with E-state index in [1.165, 1.54) is 36.4 Å². The molecule has 0 saturated carbocycles. The van der Waals surface area contributed by atoms with Crippen molar-refractivity contribution in [3.63, 3.8) is 0 Å².